The molecule has 2 fully saturated rings. The van der Waals surface area contributed by atoms with E-state index in [1.54, 1.807) is 11.1 Å². The molecule has 2 aliphatic carbocycles. The van der Waals surface area contributed by atoms with Gasteiger partial charge in [0, 0.05) is 0 Å². The summed E-state index contributed by atoms with van der Waals surface area (Å²) in [6.45, 7) is 11.2. The summed E-state index contributed by atoms with van der Waals surface area (Å²) in [6, 6.07) is 41.5. The van der Waals surface area contributed by atoms with E-state index >= 15 is 0 Å². The van der Waals surface area contributed by atoms with Gasteiger partial charge < -0.3 is 20.3 Å². The maximum atomic E-state index is 3.38. The van der Waals surface area contributed by atoms with E-state index in [0.717, 1.165) is 31.1 Å². The van der Waals surface area contributed by atoms with E-state index in [-0.39, 0.29) is 50.7 Å². The Labute approximate surface area is 346 Å². The summed E-state index contributed by atoms with van der Waals surface area (Å²) in [5.74, 6) is 1.57. The Hall–Kier alpha value is -2.45. The Kier molecular flexibility index (Phi) is 18.6. The second-order valence-corrected chi connectivity index (χ2v) is 14.3. The van der Waals surface area contributed by atoms with E-state index in [9.17, 15) is 0 Å². The summed E-state index contributed by atoms with van der Waals surface area (Å²) in [5.41, 5.74) is 11.4. The Balaban J connectivity index is 0.000000248. The number of benzene rings is 4. The van der Waals surface area contributed by atoms with Crippen molar-refractivity contribution in [3.05, 3.63) is 145 Å². The Morgan fingerprint density at radius 2 is 0.865 bits per heavy atom. The molecule has 6 aromatic carbocycles. The van der Waals surface area contributed by atoms with Gasteiger partial charge in [0.2, 0.25) is 0 Å². The second kappa shape index (κ2) is 22.1. The van der Waals surface area contributed by atoms with E-state index < -0.39 is 0 Å². The van der Waals surface area contributed by atoms with Crippen molar-refractivity contribution in [1.82, 2.24) is 0 Å². The number of aryl methyl sites for hydroxylation is 2. The fourth-order valence-corrected chi connectivity index (χ4v) is 8.20. The van der Waals surface area contributed by atoms with E-state index in [4.69, 9.17) is 0 Å². The van der Waals surface area contributed by atoms with Crippen LogP contribution in [0.4, 0.5) is 0 Å². The predicted molar refractivity (Wildman–Crippen MR) is 230 cm³/mol. The van der Waals surface area contributed by atoms with Crippen molar-refractivity contribution in [2.75, 3.05) is 0 Å². The van der Waals surface area contributed by atoms with Crippen LogP contribution in [0, 0.1) is 13.8 Å². The molecule has 0 amide bonds. The molecule has 0 heterocycles. The van der Waals surface area contributed by atoms with Crippen LogP contribution in [0.2, 0.25) is 0 Å². The van der Waals surface area contributed by atoms with Crippen molar-refractivity contribution >= 4 is 46.4 Å². The Bertz CT molecular complexity index is 1740. The second-order valence-electron chi connectivity index (χ2n) is 14.3. The molecule has 2 saturated carbocycles. The molecular formula is C49H58Cl2Hf. The van der Waals surface area contributed by atoms with Gasteiger partial charge in [-0.05, 0) is 72.6 Å². The molecule has 0 aromatic heterocycles. The van der Waals surface area contributed by atoms with Crippen molar-refractivity contribution < 1.29 is 25.8 Å². The summed E-state index contributed by atoms with van der Waals surface area (Å²) in [7, 11) is 0. The number of hydrogen-bond donors (Lipinski definition) is 0. The third-order valence-electron chi connectivity index (χ3n) is 11.0. The first-order chi connectivity index (χ1) is 24.1. The van der Waals surface area contributed by atoms with Crippen molar-refractivity contribution in [3.63, 3.8) is 0 Å². The van der Waals surface area contributed by atoms with Gasteiger partial charge in [-0.25, -0.2) is 0 Å². The predicted octanol–water partition coefficient (Wildman–Crippen LogP) is 15.6. The first-order valence-corrected chi connectivity index (χ1v) is 19.3. The van der Waals surface area contributed by atoms with Crippen LogP contribution in [0.15, 0.2) is 109 Å². The maximum absolute atomic E-state index is 3.38. The minimum absolute atomic E-state index is 0. The molecule has 8 rings (SSSR count). The van der Waals surface area contributed by atoms with Crippen LogP contribution in [-0.4, -0.2) is 0 Å². The van der Waals surface area contributed by atoms with Crippen LogP contribution in [0.3, 0.4) is 0 Å². The molecule has 0 N–H and O–H groups in total. The molecule has 6 aromatic rings. The van der Waals surface area contributed by atoms with Gasteiger partial charge in [-0.2, -0.15) is 12.1 Å². The third kappa shape index (κ3) is 10.8. The summed E-state index contributed by atoms with van der Waals surface area (Å²) in [6.07, 6.45) is 16.9. The normalized spacial score (nSPS) is 14.5. The average Bonchev–Trinajstić information content (AvgIpc) is 3.82. The van der Waals surface area contributed by atoms with Gasteiger partial charge in [-0.3, -0.25) is 0 Å². The summed E-state index contributed by atoms with van der Waals surface area (Å²) < 4.78 is 0. The van der Waals surface area contributed by atoms with Gasteiger partial charge in [0.15, 0.2) is 0 Å². The Morgan fingerprint density at radius 3 is 1.19 bits per heavy atom. The average molecular weight is 896 g/mol. The van der Waals surface area contributed by atoms with Crippen LogP contribution in [0.1, 0.15) is 119 Å². The molecule has 0 unspecified atom stereocenters. The molecule has 0 aliphatic heterocycles. The fourth-order valence-electron chi connectivity index (χ4n) is 8.20. The first kappa shape index (κ1) is 44.0. The molecule has 52 heavy (non-hydrogen) atoms. The van der Waals surface area contributed by atoms with Crippen LogP contribution in [-0.2, 0) is 38.7 Å². The van der Waals surface area contributed by atoms with Crippen molar-refractivity contribution in [1.29, 1.82) is 0 Å². The third-order valence-corrected chi connectivity index (χ3v) is 11.0. The quantitative estimate of drug-likeness (QED) is 0.115. The molecule has 0 nitrogen and oxygen atoms in total. The SMILES string of the molecule is CCc1ccc(-c2cccc3[cH-]c(C4CCCCC4)cc23)cc1.CCc1ccc(-c2cccc3[cH-]c(C4CCCCC4)cc23)cc1.Cl.Cl.[CH2-]C[CH2-].[Hf+4]. The van der Waals surface area contributed by atoms with E-state index in [1.165, 1.54) is 119 Å². The van der Waals surface area contributed by atoms with Gasteiger partial charge in [0.05, 0.1) is 0 Å². The maximum Gasteiger partial charge on any atom is 4.00 e. The standard InChI is InChI=1S/2C23H25.C3H6.2ClH.Hf/c2*1-2-17-11-13-19(14-12-17)22-10-6-9-20-15-21(16-23(20)22)18-7-4-3-5-8-18;1-3-2;;;/h2*6,9-16,18H,2-5,7-8H2,1H3;1-3H2;2*1H;/q2*-1;-2;;;+4. The topological polar surface area (TPSA) is 0 Å². The van der Waals surface area contributed by atoms with Crippen LogP contribution >= 0.6 is 24.8 Å². The van der Waals surface area contributed by atoms with Gasteiger partial charge in [-0.15, -0.1) is 93.9 Å². The van der Waals surface area contributed by atoms with Gasteiger partial charge >= 0.3 is 25.8 Å². The minimum Gasteiger partial charge on any atom is -0.372 e. The molecule has 0 spiro atoms. The first-order valence-electron chi connectivity index (χ1n) is 19.3. The molecule has 0 atom stereocenters. The number of halogens is 2. The molecule has 3 heteroatoms. The largest absolute Gasteiger partial charge is 4.00 e. The van der Waals surface area contributed by atoms with Crippen LogP contribution in [0.25, 0.3) is 43.8 Å². The van der Waals surface area contributed by atoms with E-state index in [1.807, 2.05) is 0 Å². The summed E-state index contributed by atoms with van der Waals surface area (Å²) in [4.78, 5) is 0. The van der Waals surface area contributed by atoms with Gasteiger partial charge in [0.25, 0.3) is 0 Å². The molecule has 2 aliphatic rings. The zero-order chi connectivity index (χ0) is 34.0. The van der Waals surface area contributed by atoms with Crippen LogP contribution in [0.5, 0.6) is 0 Å². The zero-order valence-corrected chi connectivity index (χ0v) is 36.7. The molecular weight excluding hydrogens is 838 g/mol. The summed E-state index contributed by atoms with van der Waals surface area (Å²) >= 11 is 0. The van der Waals surface area contributed by atoms with Crippen molar-refractivity contribution in [2.24, 2.45) is 0 Å². The number of hydrogen-bond acceptors (Lipinski definition) is 0. The van der Waals surface area contributed by atoms with Crippen LogP contribution < -0.4 is 0 Å². The van der Waals surface area contributed by atoms with Crippen molar-refractivity contribution in [2.45, 2.75) is 109 Å². The molecule has 0 radical (unpaired) electrons. The van der Waals surface area contributed by atoms with Gasteiger partial charge in [0.1, 0.15) is 0 Å². The summed E-state index contributed by atoms with van der Waals surface area (Å²) in [5, 5.41) is 5.67. The number of rotatable bonds is 6. The smallest absolute Gasteiger partial charge is 0.372 e. The van der Waals surface area contributed by atoms with Crippen molar-refractivity contribution in [3.8, 4) is 22.3 Å². The minimum atomic E-state index is 0. The molecule has 0 saturated heterocycles. The molecule has 0 bridgehead atoms. The van der Waals surface area contributed by atoms with E-state index in [2.05, 4.69) is 137 Å². The van der Waals surface area contributed by atoms with Gasteiger partial charge in [-0.1, -0.05) is 124 Å². The zero-order valence-electron chi connectivity index (χ0n) is 31.5. The van der Waals surface area contributed by atoms with E-state index in [0.29, 0.717) is 0 Å². The fraction of sp³-hybridized carbons (Fsp3) is 0.347. The molecule has 272 valence electrons. The monoisotopic (exact) mass is 896 g/mol. The number of fused-ring (bicyclic) bond motifs is 2. The Morgan fingerprint density at radius 1 is 0.519 bits per heavy atom.